The van der Waals surface area contributed by atoms with Gasteiger partial charge in [-0.3, -0.25) is 4.79 Å². The third kappa shape index (κ3) is 3.88. The summed E-state index contributed by atoms with van der Waals surface area (Å²) < 4.78 is 14.9. The lowest BCUT2D eigenvalue weighted by atomic mass is 9.65. The maximum atomic E-state index is 14.9. The summed E-state index contributed by atoms with van der Waals surface area (Å²) in [6, 6.07) is 6.40. The number of fused-ring (bicyclic) bond motifs is 6. The molecule has 10 heteroatoms. The van der Waals surface area contributed by atoms with Crippen LogP contribution in [0.1, 0.15) is 47.3 Å². The van der Waals surface area contributed by atoms with Gasteiger partial charge in [-0.05, 0) is 43.9 Å². The molecule has 3 aromatic heterocycles. The van der Waals surface area contributed by atoms with Gasteiger partial charge in [0.25, 0.3) is 5.91 Å². The number of nitrogens with one attached hydrogen (secondary N) is 1. The Labute approximate surface area is 219 Å². The number of carbonyl (C=O) groups excluding carboxylic acids is 1. The number of halogens is 1. The molecule has 8 nitrogen and oxygen atoms in total. The number of pyridine rings is 1. The van der Waals surface area contributed by atoms with Gasteiger partial charge in [-0.25, -0.2) is 19.3 Å². The molecule has 1 saturated carbocycles. The lowest BCUT2D eigenvalue weighted by molar-refractivity contribution is 0.0659. The minimum atomic E-state index is -0.498. The molecule has 3 aromatic rings. The first kappa shape index (κ1) is 23.0. The maximum absolute atomic E-state index is 14.9. The van der Waals surface area contributed by atoms with Crippen molar-refractivity contribution in [3.05, 3.63) is 46.9 Å². The Morgan fingerprint density at radius 2 is 1.95 bits per heavy atom. The zero-order valence-corrected chi connectivity index (χ0v) is 21.7. The molecule has 4 fully saturated rings. The normalized spacial score (nSPS) is 24.1. The molecule has 192 valence electrons. The third-order valence-corrected chi connectivity index (χ3v) is 9.98. The molecule has 4 aliphatic heterocycles. The first-order valence-electron chi connectivity index (χ1n) is 13.1. The number of nitrogens with zero attached hydrogens (tertiary/aromatic N) is 6. The van der Waals surface area contributed by atoms with E-state index in [1.165, 1.54) is 43.5 Å². The fourth-order valence-corrected chi connectivity index (χ4v) is 7.80. The number of carbonyl (C=O) groups is 1. The van der Waals surface area contributed by atoms with Crippen molar-refractivity contribution >= 4 is 34.7 Å². The molecule has 7 heterocycles. The van der Waals surface area contributed by atoms with Crippen molar-refractivity contribution in [1.29, 1.82) is 0 Å². The molecule has 1 aliphatic carbocycles. The van der Waals surface area contributed by atoms with Crippen LogP contribution >= 0.6 is 11.3 Å². The smallest absolute Gasteiger partial charge is 0.254 e. The van der Waals surface area contributed by atoms with Crippen molar-refractivity contribution in [2.45, 2.75) is 43.6 Å². The van der Waals surface area contributed by atoms with Gasteiger partial charge in [0.05, 0.1) is 28.5 Å². The highest BCUT2D eigenvalue weighted by molar-refractivity contribution is 7.16. The standard InChI is InChI=1S/C27H30FN7OS/c1-33-16-27(7-2-8-27)24-19(25(33)36)13-21(37-24)23-20(28)15-30-26(32-23)31-22-4-3-18(14-29-22)35-12-11-34-9-5-17(35)6-10-34/h3-4,13-15,17H,2,5-12,16H2,1H3,(H,29,30,31,32). The van der Waals surface area contributed by atoms with Gasteiger partial charge in [-0.15, -0.1) is 11.3 Å². The first-order chi connectivity index (χ1) is 18.0. The molecule has 0 unspecified atom stereocenters. The highest BCUT2D eigenvalue weighted by Crippen LogP contribution is 2.52. The SMILES string of the molecule is CN1CC2(CCC2)c2sc(-c3nc(Nc4ccc(N5CCN6CCC5CC6)cn4)ncc3F)cc2C1=O. The summed E-state index contributed by atoms with van der Waals surface area (Å²) in [5.41, 5.74) is 2.05. The van der Waals surface area contributed by atoms with Crippen molar-refractivity contribution in [2.75, 3.05) is 50.0 Å². The molecule has 5 aliphatic rings. The zero-order chi connectivity index (χ0) is 25.1. The largest absolute Gasteiger partial charge is 0.366 e. The Morgan fingerprint density at radius 1 is 1.11 bits per heavy atom. The monoisotopic (exact) mass is 519 g/mol. The third-order valence-electron chi connectivity index (χ3n) is 8.59. The average molecular weight is 520 g/mol. The number of hydrogen-bond acceptors (Lipinski definition) is 8. The number of rotatable bonds is 4. The topological polar surface area (TPSA) is 77.5 Å². The Morgan fingerprint density at radius 3 is 2.68 bits per heavy atom. The molecule has 3 saturated heterocycles. The number of hydrogen-bond donors (Lipinski definition) is 1. The number of amides is 1. The van der Waals surface area contributed by atoms with E-state index in [0.717, 1.165) is 49.5 Å². The second kappa shape index (κ2) is 8.73. The summed E-state index contributed by atoms with van der Waals surface area (Å²) in [6.07, 6.45) is 8.77. The van der Waals surface area contributed by atoms with Gasteiger partial charge in [0.1, 0.15) is 11.5 Å². The van der Waals surface area contributed by atoms with Gasteiger partial charge in [0.15, 0.2) is 5.82 Å². The van der Waals surface area contributed by atoms with Gasteiger partial charge in [-0.2, -0.15) is 0 Å². The van der Waals surface area contributed by atoms with Crippen LogP contribution in [0, 0.1) is 5.82 Å². The van der Waals surface area contributed by atoms with Gasteiger partial charge in [0.2, 0.25) is 5.95 Å². The van der Waals surface area contributed by atoms with Crippen LogP contribution in [0.25, 0.3) is 10.6 Å². The molecule has 0 radical (unpaired) electrons. The van der Waals surface area contributed by atoms with Gasteiger partial charge >= 0.3 is 0 Å². The van der Waals surface area contributed by atoms with Crippen molar-refractivity contribution in [3.8, 4) is 10.6 Å². The van der Waals surface area contributed by atoms with Crippen LogP contribution in [0.4, 0.5) is 21.8 Å². The quantitative estimate of drug-likeness (QED) is 0.552. The average Bonchev–Trinajstić information content (AvgIpc) is 3.12. The Bertz CT molecular complexity index is 1350. The van der Waals surface area contributed by atoms with Crippen LogP contribution in [0.15, 0.2) is 30.6 Å². The van der Waals surface area contributed by atoms with Crippen molar-refractivity contribution in [2.24, 2.45) is 0 Å². The van der Waals surface area contributed by atoms with Gasteiger partial charge < -0.3 is 20.0 Å². The molecule has 1 N–H and O–H groups in total. The number of aromatic nitrogens is 3. The number of anilines is 3. The van der Waals surface area contributed by atoms with Crippen molar-refractivity contribution in [3.63, 3.8) is 0 Å². The molecule has 2 bridgehead atoms. The van der Waals surface area contributed by atoms with E-state index in [2.05, 4.69) is 36.1 Å². The summed E-state index contributed by atoms with van der Waals surface area (Å²) >= 11 is 1.50. The van der Waals surface area contributed by atoms with E-state index in [4.69, 9.17) is 0 Å². The van der Waals surface area contributed by atoms with E-state index in [-0.39, 0.29) is 23.0 Å². The summed E-state index contributed by atoms with van der Waals surface area (Å²) in [4.78, 5) is 34.7. The lowest BCUT2D eigenvalue weighted by Crippen LogP contribution is -2.50. The van der Waals surface area contributed by atoms with Crippen LogP contribution in [0.3, 0.4) is 0 Å². The van der Waals surface area contributed by atoms with E-state index in [1.807, 2.05) is 25.4 Å². The molecule has 8 rings (SSSR count). The summed E-state index contributed by atoms with van der Waals surface area (Å²) in [7, 11) is 1.85. The van der Waals surface area contributed by atoms with Crippen molar-refractivity contribution in [1.82, 2.24) is 24.8 Å². The highest BCUT2D eigenvalue weighted by Gasteiger charge is 2.47. The zero-order valence-electron chi connectivity index (χ0n) is 20.9. The fourth-order valence-electron chi connectivity index (χ4n) is 6.42. The predicted octanol–water partition coefficient (Wildman–Crippen LogP) is 4.27. The summed E-state index contributed by atoms with van der Waals surface area (Å²) in [6.45, 7) is 5.21. The second-order valence-corrected chi connectivity index (χ2v) is 11.9. The van der Waals surface area contributed by atoms with E-state index < -0.39 is 5.82 Å². The fraction of sp³-hybridized carbons (Fsp3) is 0.481. The summed E-state index contributed by atoms with van der Waals surface area (Å²) in [5.74, 6) is 0.399. The van der Waals surface area contributed by atoms with Gasteiger partial charge in [0, 0.05) is 56.1 Å². The predicted molar refractivity (Wildman–Crippen MR) is 142 cm³/mol. The molecule has 0 atom stereocenters. The summed E-state index contributed by atoms with van der Waals surface area (Å²) in [5, 5.41) is 3.14. The molecule has 1 amide bonds. The van der Waals surface area contributed by atoms with Crippen LogP contribution < -0.4 is 10.2 Å². The Balaban J connectivity index is 1.14. The number of thiophene rings is 1. The molecular weight excluding hydrogens is 489 g/mol. The molecular formula is C27H30FN7OS. The Kier molecular flexibility index (Phi) is 5.44. The number of piperidine rings is 1. The lowest BCUT2D eigenvalue weighted by Gasteiger charge is -2.47. The molecule has 37 heavy (non-hydrogen) atoms. The van der Waals surface area contributed by atoms with E-state index in [0.29, 0.717) is 22.3 Å². The highest BCUT2D eigenvalue weighted by atomic mass is 32.1. The van der Waals surface area contributed by atoms with Crippen LogP contribution in [-0.2, 0) is 5.41 Å². The molecule has 0 aromatic carbocycles. The van der Waals surface area contributed by atoms with Gasteiger partial charge in [-0.1, -0.05) is 6.42 Å². The Hall–Kier alpha value is -3.11. The minimum Gasteiger partial charge on any atom is -0.366 e. The van der Waals surface area contributed by atoms with E-state index >= 15 is 0 Å². The second-order valence-electron chi connectivity index (χ2n) is 10.8. The first-order valence-corrected chi connectivity index (χ1v) is 14.0. The van der Waals surface area contributed by atoms with Crippen LogP contribution in [0.5, 0.6) is 0 Å². The maximum Gasteiger partial charge on any atom is 0.254 e. The number of likely N-dealkylation sites (N-methyl/N-ethyl adjacent to an activating group) is 1. The van der Waals surface area contributed by atoms with E-state index in [9.17, 15) is 9.18 Å². The van der Waals surface area contributed by atoms with Crippen LogP contribution in [0.2, 0.25) is 0 Å². The van der Waals surface area contributed by atoms with Crippen LogP contribution in [-0.4, -0.2) is 76.5 Å². The minimum absolute atomic E-state index is 0.00171. The van der Waals surface area contributed by atoms with Crippen molar-refractivity contribution < 1.29 is 9.18 Å². The molecule has 1 spiro atoms. The van der Waals surface area contributed by atoms with E-state index in [1.54, 1.807) is 4.90 Å².